The molecule has 24 heavy (non-hydrogen) atoms. The second-order valence-electron chi connectivity index (χ2n) is 5.54. The summed E-state index contributed by atoms with van der Waals surface area (Å²) in [6.07, 6.45) is 0. The van der Waals surface area contributed by atoms with Crippen LogP contribution in [0.1, 0.15) is 6.92 Å². The van der Waals surface area contributed by atoms with Crippen LogP contribution in [0.4, 0.5) is 11.4 Å². The number of carbonyl (C=O) groups excluding carboxylic acids is 1. The zero-order valence-electron chi connectivity index (χ0n) is 14.0. The van der Waals surface area contributed by atoms with Gasteiger partial charge in [0.25, 0.3) is 0 Å². The van der Waals surface area contributed by atoms with Crippen molar-refractivity contribution < 1.29 is 9.53 Å². The number of hydrogen-bond acceptors (Lipinski definition) is 6. The van der Waals surface area contributed by atoms with Gasteiger partial charge in [0.05, 0.1) is 17.8 Å². The number of anilines is 2. The highest BCUT2D eigenvalue weighted by molar-refractivity contribution is 5.87. The molecule has 0 fully saturated rings. The van der Waals surface area contributed by atoms with E-state index < -0.39 is 16.8 Å². The van der Waals surface area contributed by atoms with E-state index in [-0.39, 0.29) is 6.61 Å². The average molecular weight is 328 g/mol. The number of nitrogens with one attached hydrogen (secondary N) is 1. The number of ether oxygens (including phenoxy) is 1. The summed E-state index contributed by atoms with van der Waals surface area (Å²) in [7, 11) is 3.49. The maximum atomic E-state index is 11.7. The van der Waals surface area contributed by atoms with Crippen molar-refractivity contribution in [2.24, 2.45) is 0 Å². The molecule has 0 saturated carbocycles. The van der Waals surface area contributed by atoms with Gasteiger partial charge in [-0.2, -0.15) is 0 Å². The fourth-order valence-electron chi connectivity index (χ4n) is 2.32. The zero-order valence-corrected chi connectivity index (χ0v) is 14.0. The number of carbonyl (C=O) groups is 1. The zero-order chi connectivity index (χ0) is 17.9. The first-order chi connectivity index (χ1) is 11.4. The van der Waals surface area contributed by atoms with Gasteiger partial charge in [-0.25, -0.2) is 4.79 Å². The van der Waals surface area contributed by atoms with Crippen molar-refractivity contribution in [1.29, 1.82) is 0 Å². The van der Waals surface area contributed by atoms with E-state index in [1.54, 1.807) is 26.1 Å². The standard InChI is InChI=1S/C18H20N2O4/c1-11(2)18(23)24-10-9-20(4)13-7-5-12(6-8-13)14-15(19-3)17(22)16(14)21/h5-8,19H,1,9-10H2,2-4H3. The van der Waals surface area contributed by atoms with Crippen molar-refractivity contribution in [3.05, 3.63) is 56.9 Å². The molecule has 0 radical (unpaired) electrons. The molecule has 126 valence electrons. The summed E-state index contributed by atoms with van der Waals surface area (Å²) in [5.41, 5.74) is 1.82. The van der Waals surface area contributed by atoms with Crippen molar-refractivity contribution >= 4 is 17.3 Å². The van der Waals surface area contributed by atoms with Gasteiger partial charge in [0, 0.05) is 25.4 Å². The van der Waals surface area contributed by atoms with Gasteiger partial charge in [-0.1, -0.05) is 18.7 Å². The van der Waals surface area contributed by atoms with Gasteiger partial charge in [0.15, 0.2) is 0 Å². The van der Waals surface area contributed by atoms with E-state index in [2.05, 4.69) is 11.9 Å². The van der Waals surface area contributed by atoms with Gasteiger partial charge in [-0.3, -0.25) is 9.59 Å². The Kier molecular flexibility index (Phi) is 5.18. The Labute approximate surface area is 140 Å². The molecule has 0 amide bonds. The number of esters is 1. The fourth-order valence-corrected chi connectivity index (χ4v) is 2.32. The molecule has 2 aromatic rings. The minimum Gasteiger partial charge on any atom is -0.460 e. The third kappa shape index (κ3) is 3.37. The van der Waals surface area contributed by atoms with Gasteiger partial charge >= 0.3 is 5.97 Å². The van der Waals surface area contributed by atoms with Gasteiger partial charge < -0.3 is 15.0 Å². The Balaban J connectivity index is 2.03. The average Bonchev–Trinajstić information content (AvgIpc) is 2.58. The molecule has 0 aliphatic carbocycles. The van der Waals surface area contributed by atoms with E-state index in [1.165, 1.54) is 0 Å². The number of likely N-dealkylation sites (N-methyl/N-ethyl adjacent to an activating group) is 1. The molecule has 0 spiro atoms. The molecule has 0 saturated heterocycles. The lowest BCUT2D eigenvalue weighted by Gasteiger charge is -2.20. The van der Waals surface area contributed by atoms with Crippen molar-refractivity contribution in [2.75, 3.05) is 37.5 Å². The van der Waals surface area contributed by atoms with Crippen LogP contribution in [0.25, 0.3) is 11.1 Å². The molecule has 0 bridgehead atoms. The van der Waals surface area contributed by atoms with Crippen LogP contribution in [0, 0.1) is 0 Å². The SMILES string of the molecule is C=C(C)C(=O)OCCN(C)c1ccc(-c2c(NC)c(=O)c2=O)cc1. The molecule has 2 aromatic carbocycles. The first kappa shape index (κ1) is 17.5. The Morgan fingerprint density at radius 1 is 1.21 bits per heavy atom. The molecule has 2 rings (SSSR count). The van der Waals surface area contributed by atoms with E-state index >= 15 is 0 Å². The Hall–Kier alpha value is -2.89. The largest absolute Gasteiger partial charge is 0.460 e. The van der Waals surface area contributed by atoms with Crippen LogP contribution in [-0.2, 0) is 9.53 Å². The normalized spacial score (nSPS) is 10.5. The highest BCUT2D eigenvalue weighted by atomic mass is 16.5. The maximum Gasteiger partial charge on any atom is 0.333 e. The predicted octanol–water partition coefficient (Wildman–Crippen LogP) is 1.55. The van der Waals surface area contributed by atoms with Gasteiger partial charge in [0.1, 0.15) is 6.61 Å². The topological polar surface area (TPSA) is 75.7 Å². The van der Waals surface area contributed by atoms with E-state index in [9.17, 15) is 14.4 Å². The lowest BCUT2D eigenvalue weighted by Crippen LogP contribution is -2.35. The van der Waals surface area contributed by atoms with Crippen LogP contribution in [0.5, 0.6) is 0 Å². The molecule has 0 aliphatic rings. The summed E-state index contributed by atoms with van der Waals surface area (Å²) in [5, 5.41) is 2.76. The summed E-state index contributed by atoms with van der Waals surface area (Å²) >= 11 is 0. The van der Waals surface area contributed by atoms with E-state index in [0.29, 0.717) is 28.9 Å². The van der Waals surface area contributed by atoms with E-state index in [0.717, 1.165) is 5.69 Å². The minimum absolute atomic E-state index is 0.256. The van der Waals surface area contributed by atoms with Gasteiger partial charge in [-0.15, -0.1) is 0 Å². The monoisotopic (exact) mass is 328 g/mol. The van der Waals surface area contributed by atoms with Crippen molar-refractivity contribution in [1.82, 2.24) is 0 Å². The number of nitrogens with zero attached hydrogens (tertiary/aromatic N) is 1. The lowest BCUT2D eigenvalue weighted by molar-refractivity contribution is -0.138. The van der Waals surface area contributed by atoms with E-state index in [1.807, 2.05) is 24.1 Å². The van der Waals surface area contributed by atoms with Crippen LogP contribution in [0.15, 0.2) is 46.0 Å². The Morgan fingerprint density at radius 3 is 2.38 bits per heavy atom. The molecule has 0 aromatic heterocycles. The first-order valence-corrected chi connectivity index (χ1v) is 7.52. The van der Waals surface area contributed by atoms with Crippen molar-refractivity contribution in [2.45, 2.75) is 6.92 Å². The van der Waals surface area contributed by atoms with Gasteiger partial charge in [-0.05, 0) is 24.6 Å². The van der Waals surface area contributed by atoms with Crippen LogP contribution < -0.4 is 21.1 Å². The van der Waals surface area contributed by atoms with Crippen LogP contribution in [0.2, 0.25) is 0 Å². The van der Waals surface area contributed by atoms with Crippen LogP contribution >= 0.6 is 0 Å². The first-order valence-electron chi connectivity index (χ1n) is 7.52. The molecular weight excluding hydrogens is 308 g/mol. The molecule has 0 unspecified atom stereocenters. The minimum atomic E-state index is -0.479. The summed E-state index contributed by atoms with van der Waals surface area (Å²) in [5.74, 6) is -0.404. The van der Waals surface area contributed by atoms with Gasteiger partial charge in [0.2, 0.25) is 10.9 Å². The van der Waals surface area contributed by atoms with Crippen LogP contribution in [-0.4, -0.2) is 33.2 Å². The Morgan fingerprint density at radius 2 is 1.83 bits per heavy atom. The summed E-state index contributed by atoms with van der Waals surface area (Å²) < 4.78 is 5.06. The molecule has 6 heteroatoms. The fraction of sp³-hybridized carbons (Fsp3) is 0.278. The molecular formula is C18H20N2O4. The number of rotatable bonds is 7. The molecule has 6 nitrogen and oxygen atoms in total. The molecule has 0 heterocycles. The Bertz CT molecular complexity index is 830. The van der Waals surface area contributed by atoms with Crippen LogP contribution in [0.3, 0.4) is 0 Å². The third-order valence-electron chi connectivity index (χ3n) is 3.77. The summed E-state index contributed by atoms with van der Waals surface area (Å²) in [6, 6.07) is 7.30. The molecule has 0 atom stereocenters. The highest BCUT2D eigenvalue weighted by Gasteiger charge is 2.20. The lowest BCUT2D eigenvalue weighted by atomic mass is 9.98. The second-order valence-corrected chi connectivity index (χ2v) is 5.54. The number of hydrogen-bond donors (Lipinski definition) is 1. The number of benzene rings is 1. The highest BCUT2D eigenvalue weighted by Crippen LogP contribution is 2.25. The summed E-state index contributed by atoms with van der Waals surface area (Å²) in [6.45, 7) is 5.91. The third-order valence-corrected chi connectivity index (χ3v) is 3.77. The predicted molar refractivity (Wildman–Crippen MR) is 95.4 cm³/mol. The second kappa shape index (κ2) is 7.12. The van der Waals surface area contributed by atoms with E-state index in [4.69, 9.17) is 4.74 Å². The summed E-state index contributed by atoms with van der Waals surface area (Å²) in [4.78, 5) is 36.4. The maximum absolute atomic E-state index is 11.7. The van der Waals surface area contributed by atoms with Crippen molar-refractivity contribution in [3.8, 4) is 11.1 Å². The molecule has 0 aliphatic heterocycles. The quantitative estimate of drug-likeness (QED) is 0.472. The molecule has 1 N–H and O–H groups in total. The smallest absolute Gasteiger partial charge is 0.333 e. The van der Waals surface area contributed by atoms with Crippen molar-refractivity contribution in [3.63, 3.8) is 0 Å².